The van der Waals surface area contributed by atoms with E-state index in [-0.39, 0.29) is 6.10 Å². The molecule has 0 aliphatic carbocycles. The SMILES string of the molecule is CC(/C=C/C(=O)O[C@H]1C=CC(=O)O[C@H]1/C=C/C(=O)O)=C\[C@H](C)CCCC[C@H](C)O. The van der Waals surface area contributed by atoms with Crippen LogP contribution in [0.3, 0.4) is 0 Å². The average Bonchev–Trinajstić information content (AvgIpc) is 2.63. The number of carboxylic acid groups (broad SMARTS) is 1. The Hall–Kier alpha value is -2.67. The number of hydrogen-bond acceptors (Lipinski definition) is 6. The predicted octanol–water partition coefficient (Wildman–Crippen LogP) is 3.10. The van der Waals surface area contributed by atoms with E-state index in [9.17, 15) is 19.5 Å². The van der Waals surface area contributed by atoms with Gasteiger partial charge < -0.3 is 19.7 Å². The number of carbonyl (C=O) groups excluding carboxylic acids is 2. The molecule has 4 atom stereocenters. The van der Waals surface area contributed by atoms with Gasteiger partial charge in [-0.05, 0) is 44.8 Å². The van der Waals surface area contributed by atoms with Crippen molar-refractivity contribution in [3.8, 4) is 0 Å². The number of aliphatic hydroxyl groups is 1. The number of esters is 2. The third-order valence-electron chi connectivity index (χ3n) is 4.24. The molecule has 7 heteroatoms. The van der Waals surface area contributed by atoms with Gasteiger partial charge in [-0.25, -0.2) is 14.4 Å². The molecule has 0 aromatic rings. The van der Waals surface area contributed by atoms with Crippen LogP contribution in [0.2, 0.25) is 0 Å². The van der Waals surface area contributed by atoms with Crippen molar-refractivity contribution in [1.82, 2.24) is 0 Å². The summed E-state index contributed by atoms with van der Waals surface area (Å²) in [4.78, 5) is 34.0. The van der Waals surface area contributed by atoms with Gasteiger partial charge in [0, 0.05) is 18.2 Å². The number of cyclic esters (lactones) is 1. The summed E-state index contributed by atoms with van der Waals surface area (Å²) >= 11 is 0. The lowest BCUT2D eigenvalue weighted by molar-refractivity contribution is -0.156. The van der Waals surface area contributed by atoms with E-state index in [1.54, 1.807) is 13.0 Å². The Morgan fingerprint density at radius 2 is 1.90 bits per heavy atom. The summed E-state index contributed by atoms with van der Waals surface area (Å²) in [7, 11) is 0. The summed E-state index contributed by atoms with van der Waals surface area (Å²) in [5, 5.41) is 18.0. The summed E-state index contributed by atoms with van der Waals surface area (Å²) in [6.45, 7) is 5.77. The van der Waals surface area contributed by atoms with Crippen LogP contribution in [-0.4, -0.2) is 46.4 Å². The molecule has 1 aliphatic heterocycles. The van der Waals surface area contributed by atoms with Crippen LogP contribution < -0.4 is 0 Å². The van der Waals surface area contributed by atoms with E-state index in [2.05, 4.69) is 13.0 Å². The smallest absolute Gasteiger partial charge is 0.331 e. The highest BCUT2D eigenvalue weighted by Crippen LogP contribution is 2.16. The summed E-state index contributed by atoms with van der Waals surface area (Å²) < 4.78 is 10.2. The molecule has 160 valence electrons. The molecule has 0 spiro atoms. The molecule has 0 radical (unpaired) electrons. The van der Waals surface area contributed by atoms with Gasteiger partial charge in [0.05, 0.1) is 6.10 Å². The molecule has 1 aliphatic rings. The van der Waals surface area contributed by atoms with Gasteiger partial charge in [-0.2, -0.15) is 0 Å². The van der Waals surface area contributed by atoms with Crippen molar-refractivity contribution in [3.05, 3.63) is 48.1 Å². The van der Waals surface area contributed by atoms with Crippen LogP contribution in [0.15, 0.2) is 48.1 Å². The monoisotopic (exact) mass is 406 g/mol. The Labute approximate surface area is 171 Å². The molecule has 0 saturated carbocycles. The lowest BCUT2D eigenvalue weighted by atomic mass is 10.00. The highest BCUT2D eigenvalue weighted by atomic mass is 16.6. The van der Waals surface area contributed by atoms with Gasteiger partial charge in [-0.1, -0.05) is 37.5 Å². The van der Waals surface area contributed by atoms with Crippen molar-refractivity contribution in [2.45, 2.75) is 64.8 Å². The Bertz CT molecular complexity index is 685. The molecule has 0 fully saturated rings. The van der Waals surface area contributed by atoms with Crippen molar-refractivity contribution in [2.75, 3.05) is 0 Å². The second-order valence-corrected chi connectivity index (χ2v) is 7.21. The summed E-state index contributed by atoms with van der Waals surface area (Å²) in [6.07, 6.45) is 11.2. The number of aliphatic hydroxyl groups excluding tert-OH is 1. The summed E-state index contributed by atoms with van der Waals surface area (Å²) in [6, 6.07) is 0. The average molecular weight is 406 g/mol. The maximum Gasteiger partial charge on any atom is 0.331 e. The Morgan fingerprint density at radius 1 is 1.21 bits per heavy atom. The molecule has 0 unspecified atom stereocenters. The van der Waals surface area contributed by atoms with E-state index in [1.807, 2.05) is 6.92 Å². The molecule has 0 amide bonds. The van der Waals surface area contributed by atoms with Crippen LogP contribution in [0, 0.1) is 5.92 Å². The lowest BCUT2D eigenvalue weighted by Gasteiger charge is -2.24. The first-order valence-electron chi connectivity index (χ1n) is 9.72. The maximum atomic E-state index is 12.1. The highest BCUT2D eigenvalue weighted by Gasteiger charge is 2.27. The number of aliphatic carboxylic acids is 1. The number of carboxylic acids is 1. The number of rotatable bonds is 11. The number of hydrogen-bond donors (Lipinski definition) is 2. The summed E-state index contributed by atoms with van der Waals surface area (Å²) in [5.41, 5.74) is 0.915. The molecule has 29 heavy (non-hydrogen) atoms. The van der Waals surface area contributed by atoms with Crippen molar-refractivity contribution < 1.29 is 34.1 Å². The van der Waals surface area contributed by atoms with Crippen molar-refractivity contribution in [1.29, 1.82) is 0 Å². The first kappa shape index (κ1) is 24.4. The third kappa shape index (κ3) is 11.0. The molecule has 1 heterocycles. The van der Waals surface area contributed by atoms with Gasteiger partial charge in [0.1, 0.15) is 0 Å². The zero-order valence-electron chi connectivity index (χ0n) is 17.1. The zero-order valence-corrected chi connectivity index (χ0v) is 17.1. The topological polar surface area (TPSA) is 110 Å². The van der Waals surface area contributed by atoms with Gasteiger partial charge in [-0.3, -0.25) is 0 Å². The van der Waals surface area contributed by atoms with Crippen molar-refractivity contribution in [3.63, 3.8) is 0 Å². The molecule has 2 N–H and O–H groups in total. The quantitative estimate of drug-likeness (QED) is 0.235. The van der Waals surface area contributed by atoms with Gasteiger partial charge >= 0.3 is 17.9 Å². The molecular formula is C22H30O7. The largest absolute Gasteiger partial charge is 0.478 e. The fraction of sp³-hybridized carbons (Fsp3) is 0.500. The Balaban J connectivity index is 2.56. The van der Waals surface area contributed by atoms with Crippen LogP contribution in [0.25, 0.3) is 0 Å². The number of allylic oxidation sites excluding steroid dienone is 3. The maximum absolute atomic E-state index is 12.1. The second-order valence-electron chi connectivity index (χ2n) is 7.21. The van der Waals surface area contributed by atoms with Gasteiger partial charge in [0.25, 0.3) is 0 Å². The fourth-order valence-corrected chi connectivity index (χ4v) is 2.82. The molecule has 0 aromatic heterocycles. The van der Waals surface area contributed by atoms with E-state index in [4.69, 9.17) is 14.6 Å². The highest BCUT2D eigenvalue weighted by molar-refractivity contribution is 5.85. The van der Waals surface area contributed by atoms with E-state index >= 15 is 0 Å². The van der Waals surface area contributed by atoms with Crippen LogP contribution in [0.1, 0.15) is 46.5 Å². The molecule has 7 nitrogen and oxygen atoms in total. The standard InChI is InChI=1S/C22H30O7/c1-15(6-4-5-7-17(3)23)14-16(2)8-12-21(26)29-19-10-13-22(27)28-18(19)9-11-20(24)25/h8-15,17-19,23H,4-7H2,1-3H3,(H,24,25)/b11-9+,12-8+,16-14+/t15-,17+,18+,19+/m1/s1. The van der Waals surface area contributed by atoms with E-state index in [0.29, 0.717) is 5.92 Å². The number of unbranched alkanes of at least 4 members (excludes halogenated alkanes) is 1. The van der Waals surface area contributed by atoms with Gasteiger partial charge in [-0.15, -0.1) is 0 Å². The molecular weight excluding hydrogens is 376 g/mol. The Kier molecular flexibility index (Phi) is 10.7. The van der Waals surface area contributed by atoms with E-state index in [0.717, 1.165) is 49.5 Å². The number of carbonyl (C=O) groups is 3. The minimum atomic E-state index is -1.19. The van der Waals surface area contributed by atoms with E-state index < -0.39 is 30.1 Å². The van der Waals surface area contributed by atoms with Crippen LogP contribution in [0.5, 0.6) is 0 Å². The summed E-state index contributed by atoms with van der Waals surface area (Å²) in [5.74, 6) is -2.10. The van der Waals surface area contributed by atoms with Crippen LogP contribution in [0.4, 0.5) is 0 Å². The van der Waals surface area contributed by atoms with Gasteiger partial charge in [0.2, 0.25) is 0 Å². The molecule has 0 aromatic carbocycles. The van der Waals surface area contributed by atoms with Crippen molar-refractivity contribution in [2.24, 2.45) is 5.92 Å². The first-order chi connectivity index (χ1) is 13.7. The predicted molar refractivity (Wildman–Crippen MR) is 108 cm³/mol. The molecule has 0 saturated heterocycles. The number of ether oxygens (including phenoxy) is 2. The molecule has 1 rings (SSSR count). The lowest BCUT2D eigenvalue weighted by Crippen LogP contribution is -2.35. The first-order valence-corrected chi connectivity index (χ1v) is 9.72. The minimum absolute atomic E-state index is 0.265. The Morgan fingerprint density at radius 3 is 2.55 bits per heavy atom. The van der Waals surface area contributed by atoms with Crippen LogP contribution in [-0.2, 0) is 23.9 Å². The van der Waals surface area contributed by atoms with Crippen LogP contribution >= 0.6 is 0 Å². The minimum Gasteiger partial charge on any atom is -0.478 e. The van der Waals surface area contributed by atoms with E-state index in [1.165, 1.54) is 12.2 Å². The molecule has 0 bridgehead atoms. The van der Waals surface area contributed by atoms with Crippen molar-refractivity contribution >= 4 is 17.9 Å². The fourth-order valence-electron chi connectivity index (χ4n) is 2.82. The zero-order chi connectivity index (χ0) is 21.8. The second kappa shape index (κ2) is 12.7. The normalized spacial score (nSPS) is 21.9. The van der Waals surface area contributed by atoms with Gasteiger partial charge in [0.15, 0.2) is 12.2 Å². The third-order valence-corrected chi connectivity index (χ3v) is 4.24.